The van der Waals surface area contributed by atoms with E-state index in [1.807, 2.05) is 18.2 Å². The molecule has 0 saturated carbocycles. The summed E-state index contributed by atoms with van der Waals surface area (Å²) in [5.41, 5.74) is 0.661. The Morgan fingerprint density at radius 3 is 2.30 bits per heavy atom. The van der Waals surface area contributed by atoms with Crippen molar-refractivity contribution in [1.82, 2.24) is 10.2 Å². The molecule has 5 heteroatoms. The van der Waals surface area contributed by atoms with E-state index < -0.39 is 0 Å². The number of amides is 1. The number of nitrogens with one attached hydrogen (secondary N) is 1. The van der Waals surface area contributed by atoms with E-state index in [0.29, 0.717) is 24.2 Å². The van der Waals surface area contributed by atoms with Crippen molar-refractivity contribution in [2.45, 2.75) is 39.8 Å². The van der Waals surface area contributed by atoms with Crippen LogP contribution in [-0.4, -0.2) is 36.0 Å². The van der Waals surface area contributed by atoms with Crippen LogP contribution in [0.15, 0.2) is 27.1 Å². The molecule has 0 bridgehead atoms. The molecule has 1 rings (SSSR count). The van der Waals surface area contributed by atoms with Gasteiger partial charge < -0.3 is 5.32 Å². The zero-order valence-corrected chi connectivity index (χ0v) is 15.6. The van der Waals surface area contributed by atoms with Gasteiger partial charge in [-0.2, -0.15) is 0 Å². The van der Waals surface area contributed by atoms with E-state index >= 15 is 0 Å². The second-order valence-electron chi connectivity index (χ2n) is 5.31. The summed E-state index contributed by atoms with van der Waals surface area (Å²) in [4.78, 5) is 14.5. The lowest BCUT2D eigenvalue weighted by Crippen LogP contribution is -2.42. The van der Waals surface area contributed by atoms with Crippen molar-refractivity contribution >= 4 is 37.8 Å². The first-order chi connectivity index (χ1) is 9.32. The van der Waals surface area contributed by atoms with Gasteiger partial charge in [0.25, 0.3) is 5.91 Å². The summed E-state index contributed by atoms with van der Waals surface area (Å²) < 4.78 is 1.75. The first kappa shape index (κ1) is 17.7. The molecule has 0 saturated heterocycles. The average molecular weight is 406 g/mol. The molecule has 0 aliphatic carbocycles. The predicted molar refractivity (Wildman–Crippen MR) is 91.2 cm³/mol. The van der Waals surface area contributed by atoms with Gasteiger partial charge in [0, 0.05) is 34.1 Å². The Morgan fingerprint density at radius 1 is 1.20 bits per heavy atom. The zero-order chi connectivity index (χ0) is 15.3. The van der Waals surface area contributed by atoms with Gasteiger partial charge in [-0.25, -0.2) is 0 Å². The highest BCUT2D eigenvalue weighted by Gasteiger charge is 2.14. The minimum Gasteiger partial charge on any atom is -0.351 e. The van der Waals surface area contributed by atoms with E-state index in [4.69, 9.17) is 0 Å². The van der Waals surface area contributed by atoms with Crippen LogP contribution in [0.1, 0.15) is 38.1 Å². The standard InChI is InChI=1S/C15H22Br2N2O/c1-10(2)19(11(3)4)8-7-18-15(20)13-6-5-12(16)9-14(13)17/h5-6,9-11H,7-8H2,1-4H3,(H,18,20). The van der Waals surface area contributed by atoms with Gasteiger partial charge in [-0.15, -0.1) is 0 Å². The lowest BCUT2D eigenvalue weighted by molar-refractivity contribution is 0.0938. The van der Waals surface area contributed by atoms with Gasteiger partial charge in [-0.05, 0) is 61.8 Å². The van der Waals surface area contributed by atoms with E-state index in [2.05, 4.69) is 69.8 Å². The molecule has 0 unspecified atom stereocenters. The molecule has 3 nitrogen and oxygen atoms in total. The SMILES string of the molecule is CC(C)N(CCNC(=O)c1ccc(Br)cc1Br)C(C)C. The molecule has 0 fully saturated rings. The molecule has 1 amide bonds. The molecular weight excluding hydrogens is 384 g/mol. The normalized spacial score (nSPS) is 11.4. The maximum absolute atomic E-state index is 12.1. The quantitative estimate of drug-likeness (QED) is 0.773. The number of rotatable bonds is 6. The Kier molecular flexibility index (Phi) is 7.20. The summed E-state index contributed by atoms with van der Waals surface area (Å²) in [6.45, 7) is 10.2. The Bertz CT molecular complexity index is 453. The monoisotopic (exact) mass is 404 g/mol. The highest BCUT2D eigenvalue weighted by atomic mass is 79.9. The van der Waals surface area contributed by atoms with Gasteiger partial charge in [0.2, 0.25) is 0 Å². The van der Waals surface area contributed by atoms with Crippen molar-refractivity contribution < 1.29 is 4.79 Å². The van der Waals surface area contributed by atoms with Crippen LogP contribution in [-0.2, 0) is 0 Å². The van der Waals surface area contributed by atoms with Crippen LogP contribution in [0.25, 0.3) is 0 Å². The summed E-state index contributed by atoms with van der Waals surface area (Å²) >= 11 is 6.79. The second-order valence-corrected chi connectivity index (χ2v) is 7.08. The minimum absolute atomic E-state index is 0.0446. The zero-order valence-electron chi connectivity index (χ0n) is 12.4. The third-order valence-electron chi connectivity index (χ3n) is 3.16. The van der Waals surface area contributed by atoms with Crippen molar-refractivity contribution in [2.75, 3.05) is 13.1 Å². The van der Waals surface area contributed by atoms with Crippen LogP contribution in [0.4, 0.5) is 0 Å². The maximum Gasteiger partial charge on any atom is 0.252 e. The Labute approximate surface area is 138 Å². The molecule has 0 heterocycles. The second kappa shape index (κ2) is 8.15. The molecule has 0 spiro atoms. The van der Waals surface area contributed by atoms with Crippen LogP contribution in [0.5, 0.6) is 0 Å². The van der Waals surface area contributed by atoms with Crippen molar-refractivity contribution in [3.05, 3.63) is 32.7 Å². The van der Waals surface area contributed by atoms with E-state index in [-0.39, 0.29) is 5.91 Å². The van der Waals surface area contributed by atoms with E-state index in [9.17, 15) is 4.79 Å². The number of hydrogen-bond donors (Lipinski definition) is 1. The molecule has 0 atom stereocenters. The van der Waals surface area contributed by atoms with Crippen LogP contribution in [0.3, 0.4) is 0 Å². The van der Waals surface area contributed by atoms with Gasteiger partial charge in [-0.1, -0.05) is 15.9 Å². The highest BCUT2D eigenvalue weighted by molar-refractivity contribution is 9.11. The Balaban J connectivity index is 2.55. The number of hydrogen-bond acceptors (Lipinski definition) is 2. The van der Waals surface area contributed by atoms with Crippen LogP contribution in [0.2, 0.25) is 0 Å². The first-order valence-corrected chi connectivity index (χ1v) is 8.40. The molecule has 1 aromatic rings. The first-order valence-electron chi connectivity index (χ1n) is 6.82. The smallest absolute Gasteiger partial charge is 0.252 e. The van der Waals surface area contributed by atoms with Crippen molar-refractivity contribution in [2.24, 2.45) is 0 Å². The van der Waals surface area contributed by atoms with Gasteiger partial charge >= 0.3 is 0 Å². The summed E-state index contributed by atoms with van der Waals surface area (Å²) in [5, 5.41) is 2.97. The van der Waals surface area contributed by atoms with E-state index in [0.717, 1.165) is 15.5 Å². The molecule has 0 aliphatic heterocycles. The van der Waals surface area contributed by atoms with Crippen molar-refractivity contribution in [1.29, 1.82) is 0 Å². The molecular formula is C15H22Br2N2O. The predicted octanol–water partition coefficient (Wildman–Crippen LogP) is 4.06. The molecule has 20 heavy (non-hydrogen) atoms. The van der Waals surface area contributed by atoms with Gasteiger partial charge in [-0.3, -0.25) is 9.69 Å². The lowest BCUT2D eigenvalue weighted by Gasteiger charge is -2.30. The molecule has 112 valence electrons. The van der Waals surface area contributed by atoms with Gasteiger partial charge in [0.1, 0.15) is 0 Å². The third kappa shape index (κ3) is 5.19. The highest BCUT2D eigenvalue weighted by Crippen LogP contribution is 2.21. The van der Waals surface area contributed by atoms with Crippen molar-refractivity contribution in [3.8, 4) is 0 Å². The lowest BCUT2D eigenvalue weighted by atomic mass is 10.2. The molecule has 1 aromatic carbocycles. The van der Waals surface area contributed by atoms with Gasteiger partial charge in [0.05, 0.1) is 5.56 Å². The summed E-state index contributed by atoms with van der Waals surface area (Å²) in [6, 6.07) is 6.52. The topological polar surface area (TPSA) is 32.3 Å². The largest absolute Gasteiger partial charge is 0.351 e. The fourth-order valence-electron chi connectivity index (χ4n) is 2.18. The van der Waals surface area contributed by atoms with E-state index in [1.165, 1.54) is 0 Å². The molecule has 0 radical (unpaired) electrons. The Hall–Kier alpha value is -0.390. The number of carbonyl (C=O) groups excluding carboxylic acids is 1. The van der Waals surface area contributed by atoms with Gasteiger partial charge in [0.15, 0.2) is 0 Å². The van der Waals surface area contributed by atoms with Crippen LogP contribution < -0.4 is 5.32 Å². The Morgan fingerprint density at radius 2 is 1.80 bits per heavy atom. The maximum atomic E-state index is 12.1. The fraction of sp³-hybridized carbons (Fsp3) is 0.533. The van der Waals surface area contributed by atoms with Crippen LogP contribution in [0, 0.1) is 0 Å². The number of benzene rings is 1. The van der Waals surface area contributed by atoms with Crippen LogP contribution >= 0.6 is 31.9 Å². The van der Waals surface area contributed by atoms with Crippen molar-refractivity contribution in [3.63, 3.8) is 0 Å². The number of nitrogens with zero attached hydrogens (tertiary/aromatic N) is 1. The number of halogens is 2. The van der Waals surface area contributed by atoms with E-state index in [1.54, 1.807) is 0 Å². The molecule has 0 aromatic heterocycles. The summed E-state index contributed by atoms with van der Waals surface area (Å²) in [7, 11) is 0. The summed E-state index contributed by atoms with van der Waals surface area (Å²) in [5.74, 6) is -0.0446. The summed E-state index contributed by atoms with van der Waals surface area (Å²) in [6.07, 6.45) is 0. The molecule has 0 aliphatic rings. The molecule has 1 N–H and O–H groups in total. The fourth-order valence-corrected chi connectivity index (χ4v) is 3.41. The average Bonchev–Trinajstić information content (AvgIpc) is 2.33. The number of carbonyl (C=O) groups is 1. The minimum atomic E-state index is -0.0446. The third-order valence-corrected chi connectivity index (χ3v) is 4.31.